The van der Waals surface area contributed by atoms with Crippen LogP contribution in [0.4, 0.5) is 8.78 Å². The van der Waals surface area contributed by atoms with E-state index in [1.54, 1.807) is 32.1 Å². The van der Waals surface area contributed by atoms with Crippen molar-refractivity contribution in [2.24, 2.45) is 5.41 Å². The van der Waals surface area contributed by atoms with Gasteiger partial charge in [0.1, 0.15) is 23.4 Å². The summed E-state index contributed by atoms with van der Waals surface area (Å²) in [4.78, 5) is 48.4. The summed E-state index contributed by atoms with van der Waals surface area (Å²) in [6.07, 6.45) is 12.6. The zero-order valence-corrected chi connectivity index (χ0v) is 42.9. The first kappa shape index (κ1) is 54.6. The molecule has 2 aliphatic carbocycles. The molecule has 0 amide bonds. The quantitative estimate of drug-likeness (QED) is 0.0551. The Morgan fingerprint density at radius 2 is 1.49 bits per heavy atom. The van der Waals surface area contributed by atoms with Crippen molar-refractivity contribution >= 4 is 51.7 Å². The number of hydrogen-bond acceptors (Lipinski definition) is 7. The third-order valence-corrected chi connectivity index (χ3v) is 13.0. The summed E-state index contributed by atoms with van der Waals surface area (Å²) in [5.74, 6) is 0.812. The number of Topliss-reactive ketones (excluding diaryl/α,β-unsaturated/α-hetero) is 2. The van der Waals surface area contributed by atoms with E-state index in [-0.39, 0.29) is 28.5 Å². The van der Waals surface area contributed by atoms with Crippen LogP contribution in [0.5, 0.6) is 5.75 Å². The number of ketones is 2. The number of rotatable bonds is 11. The van der Waals surface area contributed by atoms with Gasteiger partial charge in [-0.2, -0.15) is 8.78 Å². The predicted octanol–water partition coefficient (Wildman–Crippen LogP) is 15.9. The van der Waals surface area contributed by atoms with Crippen LogP contribution in [0.2, 0.25) is 0 Å². The van der Waals surface area contributed by atoms with E-state index in [2.05, 4.69) is 55.7 Å². The minimum absolute atomic E-state index is 0.0556. The summed E-state index contributed by atoms with van der Waals surface area (Å²) < 4.78 is 39.0. The summed E-state index contributed by atoms with van der Waals surface area (Å²) in [6.45, 7) is 18.3. The molecule has 6 aromatic rings. The minimum atomic E-state index is -3.26. The summed E-state index contributed by atoms with van der Waals surface area (Å²) in [6, 6.07) is 30.9. The number of hydrogen-bond donors (Lipinski definition) is 0. The van der Waals surface area contributed by atoms with E-state index < -0.39 is 6.11 Å². The number of esters is 1. The molecule has 2 aliphatic rings. The van der Waals surface area contributed by atoms with Gasteiger partial charge >= 0.3 is 12.1 Å². The SMILES string of the molecule is CC(=O)C1(C)CCCC1.CC(=O)OC(C)(C)C.CCCn1c(-c2ccc3nc(-c4cccc(OC(C)(F)F)c4)ccc3c2C)c(C2CCCCC2)c2ccc(C(C)=O)cc21.O=C/C=C/c1ccccc1. The smallest absolute Gasteiger partial charge is 0.394 e. The molecule has 0 aliphatic heterocycles. The van der Waals surface area contributed by atoms with E-state index in [4.69, 9.17) is 14.5 Å². The third-order valence-electron chi connectivity index (χ3n) is 13.0. The van der Waals surface area contributed by atoms with E-state index >= 15 is 0 Å². The molecule has 372 valence electrons. The molecule has 2 aromatic heterocycles. The van der Waals surface area contributed by atoms with Gasteiger partial charge in [-0.15, -0.1) is 0 Å². The van der Waals surface area contributed by atoms with Gasteiger partial charge in [0.05, 0.1) is 16.9 Å². The number of carbonyl (C=O) groups is 4. The Bertz CT molecular complexity index is 2770. The Hall–Kier alpha value is -6.29. The molecule has 0 N–H and O–H groups in total. The van der Waals surface area contributed by atoms with E-state index in [1.165, 1.54) is 86.2 Å². The number of aromatic nitrogens is 2. The fourth-order valence-electron chi connectivity index (χ4n) is 9.49. The number of benzene rings is 4. The molecule has 0 spiro atoms. The standard InChI is InChI=1S/C37H38F2N2O2.C9H8O.C8H14O.C6H12O2/c1-5-20-41-34-22-26(24(3)42)14-15-31(34)35(25-10-7-6-8-11-25)36(41)30-17-19-33-29(23(30)2)16-18-32(40-33)27-12-9-13-28(21-27)43-37(4,38)39;10-8-4-7-9-5-2-1-3-6-9;1-7(9)8(2)5-3-4-6-8;1-5(7)8-6(2,3)4/h9,12-19,21-22,25H,5-8,10-11,20H2,1-4H3;1-8H;3-6H2,1-2H3;1-4H3/b;7-4+;;. The average molecular weight is 955 g/mol. The zero-order chi connectivity index (χ0) is 51.2. The van der Waals surface area contributed by atoms with Crippen molar-refractivity contribution in [2.75, 3.05) is 0 Å². The predicted molar refractivity (Wildman–Crippen MR) is 281 cm³/mol. The van der Waals surface area contributed by atoms with E-state index in [0.717, 1.165) is 72.1 Å². The Morgan fingerprint density at radius 1 is 0.814 bits per heavy atom. The lowest BCUT2D eigenvalue weighted by atomic mass is 9.81. The van der Waals surface area contributed by atoms with Gasteiger partial charge in [0.25, 0.3) is 0 Å². The summed E-state index contributed by atoms with van der Waals surface area (Å²) in [5, 5.41) is 2.31. The highest BCUT2D eigenvalue weighted by atomic mass is 19.3. The van der Waals surface area contributed by atoms with Crippen LogP contribution in [-0.4, -0.2) is 45.1 Å². The first-order chi connectivity index (χ1) is 33.1. The lowest BCUT2D eigenvalue weighted by Crippen LogP contribution is -2.21. The Kier molecular flexibility index (Phi) is 19.1. The number of pyridine rings is 1. The highest BCUT2D eigenvalue weighted by Crippen LogP contribution is 2.46. The van der Waals surface area contributed by atoms with E-state index in [1.807, 2.05) is 69.3 Å². The summed E-state index contributed by atoms with van der Waals surface area (Å²) in [7, 11) is 0. The van der Waals surface area contributed by atoms with Crippen molar-refractivity contribution in [1.29, 1.82) is 0 Å². The van der Waals surface area contributed by atoms with Gasteiger partial charge in [-0.1, -0.05) is 119 Å². The topological polar surface area (TPSA) is 105 Å². The highest BCUT2D eigenvalue weighted by molar-refractivity contribution is 6.02. The molecule has 2 heterocycles. The molecule has 0 saturated heterocycles. The van der Waals surface area contributed by atoms with Crippen molar-refractivity contribution in [3.63, 3.8) is 0 Å². The molecule has 0 bridgehead atoms. The number of nitrogens with zero attached hydrogens (tertiary/aromatic N) is 2. The number of carbonyl (C=O) groups excluding carboxylic acids is 4. The largest absolute Gasteiger partial charge is 0.460 e. The van der Waals surface area contributed by atoms with Crippen molar-refractivity contribution in [1.82, 2.24) is 9.55 Å². The lowest BCUT2D eigenvalue weighted by molar-refractivity contribution is -0.159. The number of fused-ring (bicyclic) bond motifs is 2. The number of alkyl halides is 2. The molecule has 2 fully saturated rings. The van der Waals surface area contributed by atoms with Crippen molar-refractivity contribution in [3.8, 4) is 28.3 Å². The number of allylic oxidation sites excluding steroid dienone is 1. The van der Waals surface area contributed by atoms with Crippen LogP contribution in [0.1, 0.15) is 159 Å². The van der Waals surface area contributed by atoms with E-state index in [9.17, 15) is 28.0 Å². The second kappa shape index (κ2) is 24.5. The number of aldehydes is 1. The van der Waals surface area contributed by atoms with Gasteiger partial charge in [-0.05, 0) is 133 Å². The molecule has 0 atom stereocenters. The van der Waals surface area contributed by atoms with Crippen LogP contribution in [-0.2, 0) is 25.7 Å². The molecule has 0 unspecified atom stereocenters. The second-order valence-electron chi connectivity index (χ2n) is 19.9. The van der Waals surface area contributed by atoms with Crippen molar-refractivity contribution < 1.29 is 37.4 Å². The molecular weight excluding hydrogens is 883 g/mol. The van der Waals surface area contributed by atoms with Gasteiger partial charge < -0.3 is 14.0 Å². The first-order valence-electron chi connectivity index (χ1n) is 24.8. The van der Waals surface area contributed by atoms with Crippen LogP contribution in [0.3, 0.4) is 0 Å². The molecule has 0 radical (unpaired) electrons. The van der Waals surface area contributed by atoms with Gasteiger partial charge in [-0.25, -0.2) is 4.98 Å². The first-order valence-corrected chi connectivity index (χ1v) is 24.8. The average Bonchev–Trinajstić information content (AvgIpc) is 3.90. The maximum atomic E-state index is 13.5. The van der Waals surface area contributed by atoms with E-state index in [0.29, 0.717) is 23.0 Å². The van der Waals surface area contributed by atoms with Crippen molar-refractivity contribution in [2.45, 2.75) is 158 Å². The second-order valence-corrected chi connectivity index (χ2v) is 19.9. The lowest BCUT2D eigenvalue weighted by Gasteiger charge is -2.24. The fraction of sp³-hybridized carbons (Fsp3) is 0.417. The molecule has 2 saturated carbocycles. The van der Waals surface area contributed by atoms with Crippen LogP contribution in [0, 0.1) is 12.3 Å². The van der Waals surface area contributed by atoms with Crippen LogP contribution >= 0.6 is 0 Å². The van der Waals surface area contributed by atoms with Gasteiger partial charge in [0, 0.05) is 58.8 Å². The fourth-order valence-corrected chi connectivity index (χ4v) is 9.49. The molecule has 10 heteroatoms. The Labute approximate surface area is 413 Å². The van der Waals surface area contributed by atoms with Crippen molar-refractivity contribution in [3.05, 3.63) is 125 Å². The monoisotopic (exact) mass is 955 g/mol. The maximum Gasteiger partial charge on any atom is 0.394 e. The van der Waals surface area contributed by atoms with Crippen LogP contribution in [0.25, 0.3) is 50.4 Å². The highest BCUT2D eigenvalue weighted by Gasteiger charge is 2.33. The number of halogens is 2. The normalized spacial score (nSPS) is 14.7. The third kappa shape index (κ3) is 15.1. The van der Waals surface area contributed by atoms with Gasteiger partial charge in [0.15, 0.2) is 5.78 Å². The molecular formula is C60H72F2N2O6. The molecule has 8 rings (SSSR count). The molecule has 70 heavy (non-hydrogen) atoms. The van der Waals surface area contributed by atoms with Crippen LogP contribution < -0.4 is 4.74 Å². The summed E-state index contributed by atoms with van der Waals surface area (Å²) in [5.41, 5.74) is 9.95. The Morgan fingerprint density at radius 3 is 2.04 bits per heavy atom. The van der Waals surface area contributed by atoms with Crippen LogP contribution in [0.15, 0.2) is 103 Å². The van der Waals surface area contributed by atoms with Gasteiger partial charge in [0.2, 0.25) is 0 Å². The Balaban J connectivity index is 0.000000272. The van der Waals surface area contributed by atoms with Gasteiger partial charge in [-0.3, -0.25) is 19.2 Å². The molecule has 4 aromatic carbocycles. The minimum Gasteiger partial charge on any atom is -0.460 e. The summed E-state index contributed by atoms with van der Waals surface area (Å²) >= 11 is 0. The molecule has 8 nitrogen and oxygen atoms in total. The maximum absolute atomic E-state index is 13.5. The zero-order valence-electron chi connectivity index (χ0n) is 42.9. The number of ether oxygens (including phenoxy) is 2. The number of aryl methyl sites for hydroxylation is 2.